The van der Waals surface area contributed by atoms with Crippen molar-refractivity contribution in [2.24, 2.45) is 4.99 Å². The van der Waals surface area contributed by atoms with Crippen molar-refractivity contribution in [2.75, 3.05) is 16.4 Å². The highest BCUT2D eigenvalue weighted by Gasteiger charge is 2.54. The second-order valence-electron chi connectivity index (χ2n) is 8.36. The van der Waals surface area contributed by atoms with Gasteiger partial charge in [0.1, 0.15) is 11.8 Å². The summed E-state index contributed by atoms with van der Waals surface area (Å²) in [5, 5.41) is 4.53. The first-order valence-corrected chi connectivity index (χ1v) is 10.8. The van der Waals surface area contributed by atoms with Gasteiger partial charge in [-0.05, 0) is 50.5 Å². The number of ether oxygens (including phenoxy) is 1. The normalized spacial score (nSPS) is 26.7. The zero-order valence-electron chi connectivity index (χ0n) is 17.5. The van der Waals surface area contributed by atoms with Crippen LogP contribution in [-0.4, -0.2) is 40.8 Å². The molecule has 3 atom stereocenters. The van der Waals surface area contributed by atoms with Gasteiger partial charge in [0.25, 0.3) is 11.8 Å². The lowest BCUT2D eigenvalue weighted by Gasteiger charge is -2.46. The summed E-state index contributed by atoms with van der Waals surface area (Å²) in [6.07, 6.45) is 4.79. The summed E-state index contributed by atoms with van der Waals surface area (Å²) in [5.41, 5.74) is 1.51. The van der Waals surface area contributed by atoms with Crippen molar-refractivity contribution in [2.45, 2.75) is 44.5 Å². The lowest BCUT2D eigenvalue weighted by Crippen LogP contribution is -2.60. The number of aryl methyl sites for hydroxylation is 1. The standard InChI is InChI=1S/C22H20ClN5O4/c1-12-7-10-30-18(12)19-25-20(32-26-19)15-17-21(29)28(22(2)8-4-9-31-22)16-13(23)5-3-6-14(16)27(17)11-24-15/h3,5-7,10-11,15,17H,4,8-9H2,1-2H3. The molecule has 0 spiro atoms. The number of furan rings is 1. The van der Waals surface area contributed by atoms with Crippen molar-refractivity contribution in [3.05, 3.63) is 47.0 Å². The van der Waals surface area contributed by atoms with Gasteiger partial charge in [-0.15, -0.1) is 0 Å². The molecular formula is C22H20ClN5O4. The van der Waals surface area contributed by atoms with Crippen LogP contribution in [-0.2, 0) is 9.53 Å². The van der Waals surface area contributed by atoms with Gasteiger partial charge in [0.2, 0.25) is 5.82 Å². The number of fused-ring (bicyclic) bond motifs is 3. The molecule has 1 aromatic carbocycles. The van der Waals surface area contributed by atoms with Gasteiger partial charge in [-0.2, -0.15) is 4.98 Å². The van der Waals surface area contributed by atoms with Crippen LogP contribution in [0.2, 0.25) is 5.02 Å². The molecule has 32 heavy (non-hydrogen) atoms. The molecular weight excluding hydrogens is 434 g/mol. The van der Waals surface area contributed by atoms with Crippen LogP contribution < -0.4 is 9.80 Å². The van der Waals surface area contributed by atoms with E-state index in [4.69, 9.17) is 25.3 Å². The molecule has 1 saturated heterocycles. The van der Waals surface area contributed by atoms with Gasteiger partial charge in [-0.25, -0.2) is 0 Å². The molecule has 3 aromatic rings. The van der Waals surface area contributed by atoms with Crippen LogP contribution in [0.5, 0.6) is 0 Å². The first-order valence-electron chi connectivity index (χ1n) is 10.4. The Morgan fingerprint density at radius 2 is 2.16 bits per heavy atom. The number of aromatic nitrogens is 2. The Balaban J connectivity index is 1.44. The fourth-order valence-corrected chi connectivity index (χ4v) is 5.00. The van der Waals surface area contributed by atoms with Crippen LogP contribution in [0.1, 0.15) is 37.3 Å². The predicted octanol–water partition coefficient (Wildman–Crippen LogP) is 4.12. The Kier molecular flexibility index (Phi) is 4.22. The quantitative estimate of drug-likeness (QED) is 0.588. The highest BCUT2D eigenvalue weighted by Crippen LogP contribution is 2.49. The summed E-state index contributed by atoms with van der Waals surface area (Å²) in [6, 6.07) is 6.03. The van der Waals surface area contributed by atoms with Crippen LogP contribution in [0.4, 0.5) is 11.4 Å². The maximum Gasteiger partial charge on any atom is 0.255 e. The summed E-state index contributed by atoms with van der Waals surface area (Å²) in [4.78, 5) is 26.5. The molecule has 10 heteroatoms. The number of anilines is 2. The lowest BCUT2D eigenvalue weighted by atomic mass is 9.97. The van der Waals surface area contributed by atoms with Crippen molar-refractivity contribution in [3.63, 3.8) is 0 Å². The minimum Gasteiger partial charge on any atom is -0.461 e. The van der Waals surface area contributed by atoms with E-state index in [1.807, 2.05) is 36.9 Å². The monoisotopic (exact) mass is 453 g/mol. The van der Waals surface area contributed by atoms with Crippen molar-refractivity contribution in [1.82, 2.24) is 10.1 Å². The lowest BCUT2D eigenvalue weighted by molar-refractivity contribution is -0.125. The molecule has 0 saturated carbocycles. The average Bonchev–Trinajstić information content (AvgIpc) is 3.54. The minimum atomic E-state index is -0.790. The van der Waals surface area contributed by atoms with Gasteiger partial charge in [-0.1, -0.05) is 22.8 Å². The van der Waals surface area contributed by atoms with E-state index >= 15 is 0 Å². The van der Waals surface area contributed by atoms with Crippen LogP contribution in [0, 0.1) is 6.92 Å². The Labute approximate surface area is 188 Å². The summed E-state index contributed by atoms with van der Waals surface area (Å²) in [6.45, 7) is 4.41. The fraction of sp³-hybridized carbons (Fsp3) is 0.364. The van der Waals surface area contributed by atoms with Gasteiger partial charge in [0.05, 0.1) is 29.0 Å². The molecule has 3 aliphatic heterocycles. The van der Waals surface area contributed by atoms with Crippen LogP contribution in [0.3, 0.4) is 0 Å². The molecule has 0 aliphatic carbocycles. The fourth-order valence-electron chi connectivity index (χ4n) is 4.75. The number of rotatable bonds is 3. The van der Waals surface area contributed by atoms with E-state index in [9.17, 15) is 4.79 Å². The number of carbonyl (C=O) groups is 1. The Bertz CT molecular complexity index is 1240. The third-order valence-corrected chi connectivity index (χ3v) is 6.63. The highest BCUT2D eigenvalue weighted by molar-refractivity contribution is 6.35. The molecule has 6 rings (SSSR count). The van der Waals surface area contributed by atoms with E-state index in [1.165, 1.54) is 0 Å². The molecule has 0 N–H and O–H groups in total. The van der Waals surface area contributed by atoms with E-state index in [0.29, 0.717) is 35.3 Å². The molecule has 2 aromatic heterocycles. The van der Waals surface area contributed by atoms with Gasteiger partial charge in [-0.3, -0.25) is 14.7 Å². The molecule has 3 aliphatic rings. The number of nitrogens with zero attached hydrogens (tertiary/aromatic N) is 5. The zero-order chi connectivity index (χ0) is 22.0. The third-order valence-electron chi connectivity index (χ3n) is 6.32. The van der Waals surface area contributed by atoms with E-state index in [2.05, 4.69) is 15.1 Å². The number of para-hydroxylation sites is 1. The summed E-state index contributed by atoms with van der Waals surface area (Å²) in [7, 11) is 0. The zero-order valence-corrected chi connectivity index (χ0v) is 18.2. The Morgan fingerprint density at radius 1 is 1.28 bits per heavy atom. The second-order valence-corrected chi connectivity index (χ2v) is 8.77. The number of halogens is 1. The van der Waals surface area contributed by atoms with Crippen LogP contribution >= 0.6 is 11.6 Å². The van der Waals surface area contributed by atoms with Gasteiger partial charge >= 0.3 is 0 Å². The smallest absolute Gasteiger partial charge is 0.255 e. The van der Waals surface area contributed by atoms with Crippen molar-refractivity contribution in [3.8, 4) is 11.6 Å². The number of aliphatic imine (C=N–C) groups is 1. The van der Waals surface area contributed by atoms with E-state index in [0.717, 1.165) is 17.7 Å². The van der Waals surface area contributed by atoms with Gasteiger partial charge in [0.15, 0.2) is 11.8 Å². The highest BCUT2D eigenvalue weighted by atomic mass is 35.5. The molecule has 0 bridgehead atoms. The van der Waals surface area contributed by atoms with E-state index < -0.39 is 17.8 Å². The SMILES string of the molecule is Cc1ccoc1-c1noc(C2N=CN3c4cccc(Cl)c4N(C4(C)CCCO4)C(=O)C23)n1. The van der Waals surface area contributed by atoms with Crippen molar-refractivity contribution >= 4 is 35.2 Å². The average molecular weight is 454 g/mol. The second kappa shape index (κ2) is 6.91. The summed E-state index contributed by atoms with van der Waals surface area (Å²) < 4.78 is 17.0. The Hall–Kier alpha value is -3.17. The maximum atomic E-state index is 13.9. The molecule has 9 nitrogen and oxygen atoms in total. The summed E-state index contributed by atoms with van der Waals surface area (Å²) >= 11 is 6.59. The molecule has 1 amide bonds. The van der Waals surface area contributed by atoms with E-state index in [-0.39, 0.29) is 11.8 Å². The van der Waals surface area contributed by atoms with Crippen molar-refractivity contribution < 1.29 is 18.5 Å². The van der Waals surface area contributed by atoms with Crippen LogP contribution in [0.15, 0.2) is 44.5 Å². The first kappa shape index (κ1) is 19.5. The van der Waals surface area contributed by atoms with E-state index in [1.54, 1.807) is 23.6 Å². The summed E-state index contributed by atoms with van der Waals surface area (Å²) in [5.74, 6) is 0.924. The van der Waals surface area contributed by atoms with Crippen LogP contribution in [0.25, 0.3) is 11.6 Å². The Morgan fingerprint density at radius 3 is 2.91 bits per heavy atom. The molecule has 0 radical (unpaired) electrons. The predicted molar refractivity (Wildman–Crippen MR) is 117 cm³/mol. The molecule has 164 valence electrons. The number of hydrogen-bond acceptors (Lipinski definition) is 8. The van der Waals surface area contributed by atoms with Crippen molar-refractivity contribution in [1.29, 1.82) is 0 Å². The molecule has 5 heterocycles. The molecule has 3 unspecified atom stereocenters. The largest absolute Gasteiger partial charge is 0.461 e. The number of carbonyl (C=O) groups excluding carboxylic acids is 1. The van der Waals surface area contributed by atoms with Gasteiger partial charge < -0.3 is 18.6 Å². The van der Waals surface area contributed by atoms with Gasteiger partial charge in [0, 0.05) is 6.61 Å². The third kappa shape index (κ3) is 2.67. The topological polar surface area (TPSA) is 97.2 Å². The minimum absolute atomic E-state index is 0.175. The number of amides is 1. The number of hydrogen-bond donors (Lipinski definition) is 0. The first-order chi connectivity index (χ1) is 15.5. The molecule has 1 fully saturated rings. The maximum absolute atomic E-state index is 13.9. The number of benzene rings is 1.